The Morgan fingerprint density at radius 3 is 2.21 bits per heavy atom. The maximum Gasteiger partial charge on any atom is 0.255 e. The molecule has 5 nitrogen and oxygen atoms in total. The molecule has 0 aliphatic rings. The Kier molecular flexibility index (Phi) is 6.58. The molecule has 0 aliphatic heterocycles. The normalized spacial score (nSPS) is 10.3. The Labute approximate surface area is 168 Å². The minimum absolute atomic E-state index is 0.266. The van der Waals surface area contributed by atoms with Gasteiger partial charge in [0.1, 0.15) is 11.6 Å². The van der Waals surface area contributed by atoms with Crippen LogP contribution in [0.2, 0.25) is 0 Å². The largest absolute Gasteiger partial charge is 0.494 e. The Hall–Kier alpha value is -3.67. The zero-order valence-electron chi connectivity index (χ0n) is 15.9. The summed E-state index contributed by atoms with van der Waals surface area (Å²) in [5.74, 6) is -0.232. The summed E-state index contributed by atoms with van der Waals surface area (Å²) < 4.78 is 18.3. The third-order valence-electron chi connectivity index (χ3n) is 4.18. The van der Waals surface area contributed by atoms with Crippen LogP contribution in [-0.4, -0.2) is 18.4 Å². The van der Waals surface area contributed by atoms with Gasteiger partial charge in [0.25, 0.3) is 11.8 Å². The number of hydrogen-bond donors (Lipinski definition) is 2. The number of carbonyl (C=O) groups is 2. The fourth-order valence-corrected chi connectivity index (χ4v) is 2.69. The second-order valence-electron chi connectivity index (χ2n) is 6.30. The van der Waals surface area contributed by atoms with Gasteiger partial charge in [0.05, 0.1) is 6.61 Å². The van der Waals surface area contributed by atoms with E-state index in [0.717, 1.165) is 11.3 Å². The van der Waals surface area contributed by atoms with Crippen LogP contribution >= 0.6 is 0 Å². The molecule has 2 N–H and O–H groups in total. The molecule has 0 saturated carbocycles. The van der Waals surface area contributed by atoms with Gasteiger partial charge in [-0.3, -0.25) is 9.59 Å². The monoisotopic (exact) mass is 392 g/mol. The van der Waals surface area contributed by atoms with Crippen molar-refractivity contribution in [3.8, 4) is 5.75 Å². The predicted octanol–water partition coefficient (Wildman–Crippen LogP) is 4.41. The van der Waals surface area contributed by atoms with Crippen molar-refractivity contribution in [3.63, 3.8) is 0 Å². The van der Waals surface area contributed by atoms with Crippen LogP contribution in [0.15, 0.2) is 72.8 Å². The molecule has 148 valence electrons. The summed E-state index contributed by atoms with van der Waals surface area (Å²) in [6, 6.07) is 19.4. The molecule has 0 fully saturated rings. The van der Waals surface area contributed by atoms with Gasteiger partial charge in [-0.1, -0.05) is 18.2 Å². The zero-order chi connectivity index (χ0) is 20.6. The molecule has 0 aliphatic carbocycles. The van der Waals surface area contributed by atoms with Crippen molar-refractivity contribution in [2.75, 3.05) is 11.9 Å². The first kappa shape index (κ1) is 20.1. The number of rotatable bonds is 7. The lowest BCUT2D eigenvalue weighted by molar-refractivity contribution is 0.0951. The van der Waals surface area contributed by atoms with E-state index in [0.29, 0.717) is 23.4 Å². The molecule has 29 heavy (non-hydrogen) atoms. The average Bonchev–Trinajstić information content (AvgIpc) is 2.75. The molecule has 0 bridgehead atoms. The Balaban J connectivity index is 1.62. The molecule has 0 aromatic heterocycles. The molecule has 0 atom stereocenters. The molecular formula is C23H21FN2O3. The topological polar surface area (TPSA) is 67.4 Å². The lowest BCUT2D eigenvalue weighted by atomic mass is 10.1. The highest BCUT2D eigenvalue weighted by molar-refractivity contribution is 6.06. The van der Waals surface area contributed by atoms with Crippen molar-refractivity contribution in [1.29, 1.82) is 0 Å². The third-order valence-corrected chi connectivity index (χ3v) is 4.18. The number of hydrogen-bond acceptors (Lipinski definition) is 3. The quantitative estimate of drug-likeness (QED) is 0.626. The maximum atomic E-state index is 12.9. The van der Waals surface area contributed by atoms with Crippen LogP contribution in [0.1, 0.15) is 33.2 Å². The van der Waals surface area contributed by atoms with Crippen molar-refractivity contribution < 1.29 is 18.7 Å². The van der Waals surface area contributed by atoms with Gasteiger partial charge in [-0.25, -0.2) is 4.39 Å². The van der Waals surface area contributed by atoms with Crippen molar-refractivity contribution in [2.24, 2.45) is 0 Å². The van der Waals surface area contributed by atoms with E-state index in [1.165, 1.54) is 18.2 Å². The minimum atomic E-state index is -0.327. The van der Waals surface area contributed by atoms with E-state index < -0.39 is 0 Å². The van der Waals surface area contributed by atoms with Crippen molar-refractivity contribution >= 4 is 17.5 Å². The van der Waals surface area contributed by atoms with Gasteiger partial charge in [0.15, 0.2) is 0 Å². The first-order valence-electron chi connectivity index (χ1n) is 9.22. The summed E-state index contributed by atoms with van der Waals surface area (Å²) in [6.45, 7) is 2.74. The molecule has 3 rings (SSSR count). The van der Waals surface area contributed by atoms with E-state index in [4.69, 9.17) is 4.74 Å². The van der Waals surface area contributed by atoms with Crippen LogP contribution in [0.4, 0.5) is 10.1 Å². The highest BCUT2D eigenvalue weighted by Gasteiger charge is 2.11. The second-order valence-corrected chi connectivity index (χ2v) is 6.30. The van der Waals surface area contributed by atoms with Gasteiger partial charge in [0, 0.05) is 23.4 Å². The Morgan fingerprint density at radius 2 is 1.55 bits per heavy atom. The van der Waals surface area contributed by atoms with Gasteiger partial charge in [-0.15, -0.1) is 0 Å². The number of halogens is 1. The Morgan fingerprint density at radius 1 is 0.897 bits per heavy atom. The van der Waals surface area contributed by atoms with Crippen LogP contribution in [0, 0.1) is 5.82 Å². The fraction of sp³-hybridized carbons (Fsp3) is 0.130. The first-order chi connectivity index (χ1) is 14.0. The summed E-state index contributed by atoms with van der Waals surface area (Å²) in [7, 11) is 0. The molecule has 6 heteroatoms. The van der Waals surface area contributed by atoms with Gasteiger partial charge >= 0.3 is 0 Å². The van der Waals surface area contributed by atoms with Gasteiger partial charge in [-0.2, -0.15) is 0 Å². The molecule has 3 aromatic rings. The third kappa shape index (κ3) is 5.65. The van der Waals surface area contributed by atoms with Crippen LogP contribution in [0.5, 0.6) is 5.75 Å². The number of carbonyl (C=O) groups excluding carboxylic acids is 2. The van der Waals surface area contributed by atoms with Crippen LogP contribution < -0.4 is 15.4 Å². The standard InChI is InChI=1S/C23H21FN2O3/c1-2-29-21-12-10-20(11-13-21)26-23(28)18-5-3-4-17(14-18)22(27)25-15-16-6-8-19(24)9-7-16/h3-14H,2,15H2,1H3,(H,25,27)(H,26,28). The summed E-state index contributed by atoms with van der Waals surface area (Å²) in [5.41, 5.74) is 2.15. The molecule has 0 heterocycles. The molecule has 0 saturated heterocycles. The number of ether oxygens (including phenoxy) is 1. The summed E-state index contributed by atoms with van der Waals surface area (Å²) in [5, 5.41) is 5.56. The van der Waals surface area contributed by atoms with E-state index in [9.17, 15) is 14.0 Å². The van der Waals surface area contributed by atoms with Crippen molar-refractivity contribution in [2.45, 2.75) is 13.5 Å². The average molecular weight is 392 g/mol. The second kappa shape index (κ2) is 9.50. The summed E-state index contributed by atoms with van der Waals surface area (Å²) >= 11 is 0. The lowest BCUT2D eigenvalue weighted by Gasteiger charge is -2.09. The van der Waals surface area contributed by atoms with E-state index in [1.807, 2.05) is 6.92 Å². The van der Waals surface area contributed by atoms with E-state index in [2.05, 4.69) is 10.6 Å². The van der Waals surface area contributed by atoms with E-state index in [1.54, 1.807) is 54.6 Å². The molecular weight excluding hydrogens is 371 g/mol. The minimum Gasteiger partial charge on any atom is -0.494 e. The highest BCUT2D eigenvalue weighted by Crippen LogP contribution is 2.17. The SMILES string of the molecule is CCOc1ccc(NC(=O)c2cccc(C(=O)NCc3ccc(F)cc3)c2)cc1. The van der Waals surface area contributed by atoms with Crippen molar-refractivity contribution in [1.82, 2.24) is 5.32 Å². The number of anilines is 1. The van der Waals surface area contributed by atoms with E-state index >= 15 is 0 Å². The highest BCUT2D eigenvalue weighted by atomic mass is 19.1. The van der Waals surface area contributed by atoms with Gasteiger partial charge in [-0.05, 0) is 67.1 Å². The van der Waals surface area contributed by atoms with Crippen molar-refractivity contribution in [3.05, 3.63) is 95.3 Å². The Bertz CT molecular complexity index is 986. The molecule has 0 unspecified atom stereocenters. The molecule has 0 spiro atoms. The van der Waals surface area contributed by atoms with Gasteiger partial charge < -0.3 is 15.4 Å². The molecule has 3 aromatic carbocycles. The smallest absolute Gasteiger partial charge is 0.255 e. The summed E-state index contributed by atoms with van der Waals surface area (Å²) in [6.07, 6.45) is 0. The number of amides is 2. The van der Waals surface area contributed by atoms with E-state index in [-0.39, 0.29) is 24.2 Å². The molecule has 2 amide bonds. The maximum absolute atomic E-state index is 12.9. The zero-order valence-corrected chi connectivity index (χ0v) is 15.9. The summed E-state index contributed by atoms with van der Waals surface area (Å²) in [4.78, 5) is 24.9. The number of nitrogens with one attached hydrogen (secondary N) is 2. The van der Waals surface area contributed by atoms with Crippen LogP contribution in [0.3, 0.4) is 0 Å². The van der Waals surface area contributed by atoms with Crippen LogP contribution in [0.25, 0.3) is 0 Å². The van der Waals surface area contributed by atoms with Crippen LogP contribution in [-0.2, 0) is 6.54 Å². The predicted molar refractivity (Wildman–Crippen MR) is 110 cm³/mol. The van der Waals surface area contributed by atoms with Gasteiger partial charge in [0.2, 0.25) is 0 Å². The fourth-order valence-electron chi connectivity index (χ4n) is 2.69. The molecule has 0 radical (unpaired) electrons. The number of benzene rings is 3. The first-order valence-corrected chi connectivity index (χ1v) is 9.22. The lowest BCUT2D eigenvalue weighted by Crippen LogP contribution is -2.23.